The van der Waals surface area contributed by atoms with Crippen LogP contribution < -0.4 is 0 Å². The fourth-order valence-corrected chi connectivity index (χ4v) is 2.00. The summed E-state index contributed by atoms with van der Waals surface area (Å²) in [5.41, 5.74) is 2.82. The number of nitrogens with zero attached hydrogens (tertiary/aromatic N) is 1. The average molecular weight is 267 g/mol. The molecule has 2 rings (SSSR count). The van der Waals surface area contributed by atoms with Crippen LogP contribution in [0.2, 0.25) is 0 Å². The Morgan fingerprint density at radius 1 is 1.62 bits per heavy atom. The number of rotatable bonds is 0. The van der Waals surface area contributed by atoms with Crippen molar-refractivity contribution in [1.82, 2.24) is 4.67 Å². The van der Waals surface area contributed by atoms with Gasteiger partial charge in [-0.3, -0.25) is 4.67 Å². The summed E-state index contributed by atoms with van der Waals surface area (Å²) < 4.78 is 2.30. The predicted molar refractivity (Wildman–Crippen MR) is 53.8 cm³/mol. The molecule has 0 N–H and O–H groups in total. The molecule has 0 aliphatic carbocycles. The van der Waals surface area contributed by atoms with Crippen molar-refractivity contribution < 1.29 is 32.7 Å². The summed E-state index contributed by atoms with van der Waals surface area (Å²) in [6, 6.07) is 10.1. The van der Waals surface area contributed by atoms with E-state index in [9.17, 15) is 0 Å². The van der Waals surface area contributed by atoms with Crippen LogP contribution in [0.3, 0.4) is 0 Å². The maximum absolute atomic E-state index is 3.30. The van der Waals surface area contributed by atoms with Crippen LogP contribution in [0, 0.1) is 6.07 Å². The van der Waals surface area contributed by atoms with E-state index in [2.05, 4.69) is 39.2 Å². The van der Waals surface area contributed by atoms with Crippen LogP contribution in [-0.2, 0) is 39.1 Å². The number of benzene rings is 1. The molecule has 1 aromatic carbocycles. The topological polar surface area (TPSA) is 3.24 Å². The summed E-state index contributed by atoms with van der Waals surface area (Å²) in [5, 5.41) is 0. The summed E-state index contributed by atoms with van der Waals surface area (Å²) in [6.07, 6.45) is 1.13. The van der Waals surface area contributed by atoms with Crippen molar-refractivity contribution in [2.75, 3.05) is 6.54 Å². The van der Waals surface area contributed by atoms with Crippen molar-refractivity contribution in [2.24, 2.45) is 0 Å². The molecule has 0 bridgehead atoms. The minimum absolute atomic E-state index is 0. The zero-order valence-corrected chi connectivity index (χ0v) is 11.8. The van der Waals surface area contributed by atoms with Crippen molar-refractivity contribution in [1.29, 1.82) is 0 Å². The summed E-state index contributed by atoms with van der Waals surface area (Å²) in [4.78, 5) is 0. The van der Waals surface area contributed by atoms with Crippen molar-refractivity contribution in [3.05, 3.63) is 35.4 Å². The van der Waals surface area contributed by atoms with Crippen molar-refractivity contribution in [3.63, 3.8) is 0 Å². The van der Waals surface area contributed by atoms with Crippen LogP contribution >= 0.6 is 9.39 Å². The minimum atomic E-state index is 0. The largest absolute Gasteiger partial charge is 0.291 e. The Morgan fingerprint density at radius 2 is 2.38 bits per heavy atom. The monoisotopic (exact) mass is 267 g/mol. The second-order valence-corrected chi connectivity index (χ2v) is 3.93. The molecule has 13 heavy (non-hydrogen) atoms. The molecule has 0 saturated heterocycles. The van der Waals surface area contributed by atoms with Gasteiger partial charge in [-0.2, -0.15) is 29.8 Å². The van der Waals surface area contributed by atoms with E-state index < -0.39 is 0 Å². The van der Waals surface area contributed by atoms with Gasteiger partial charge in [-0.15, -0.1) is 5.56 Å². The number of hydrogen-bond acceptors (Lipinski definition) is 1. The molecule has 1 heterocycles. The van der Waals surface area contributed by atoms with Crippen LogP contribution in [0.25, 0.3) is 0 Å². The normalized spacial score (nSPS) is 21.8. The molecule has 2 unspecified atom stereocenters. The summed E-state index contributed by atoms with van der Waals surface area (Å²) in [5.74, 6) is 0. The first-order valence-electron chi connectivity index (χ1n) is 4.30. The third-order valence-electron chi connectivity index (χ3n) is 2.55. The van der Waals surface area contributed by atoms with Crippen LogP contribution in [-0.4, -0.2) is 11.2 Å². The molecule has 1 radical (unpaired) electrons. The van der Waals surface area contributed by atoms with E-state index in [0.29, 0.717) is 6.04 Å². The molecule has 1 aliphatic rings. The van der Waals surface area contributed by atoms with Gasteiger partial charge in [-0.05, 0) is 12.5 Å². The summed E-state index contributed by atoms with van der Waals surface area (Å²) >= 11 is 0. The van der Waals surface area contributed by atoms with Crippen molar-refractivity contribution >= 4 is 9.39 Å². The van der Waals surface area contributed by atoms with E-state index in [1.165, 1.54) is 11.1 Å². The van der Waals surface area contributed by atoms with Crippen molar-refractivity contribution in [2.45, 2.75) is 19.4 Å². The van der Waals surface area contributed by atoms with Crippen LogP contribution in [0.15, 0.2) is 18.2 Å². The maximum atomic E-state index is 3.30. The molecule has 1 nitrogen and oxygen atoms in total. The van der Waals surface area contributed by atoms with Gasteiger partial charge in [0.05, 0.1) is 0 Å². The zero-order valence-electron chi connectivity index (χ0n) is 7.83. The molecule has 0 fully saturated rings. The summed E-state index contributed by atoms with van der Waals surface area (Å²) in [7, 11) is 2.79. The van der Waals surface area contributed by atoms with Gasteiger partial charge in [0.15, 0.2) is 0 Å². The fourth-order valence-electron chi connectivity index (χ4n) is 1.71. The molecule has 1 aliphatic heterocycles. The molecule has 1 aromatic rings. The Kier molecular flexibility index (Phi) is 4.52. The first-order chi connectivity index (χ1) is 5.79. The van der Waals surface area contributed by atoms with E-state index >= 15 is 0 Å². The summed E-state index contributed by atoms with van der Waals surface area (Å²) in [6.45, 7) is 3.36. The van der Waals surface area contributed by atoms with Gasteiger partial charge in [0.1, 0.15) is 0 Å². The smallest absolute Gasteiger partial charge is 0.00319 e. The Morgan fingerprint density at radius 3 is 3.15 bits per heavy atom. The van der Waals surface area contributed by atoms with E-state index in [0.717, 1.165) is 13.0 Å². The quantitative estimate of drug-likeness (QED) is 0.514. The average Bonchev–Trinajstić information content (AvgIpc) is 2.12. The third-order valence-corrected chi connectivity index (χ3v) is 3.25. The molecule has 0 spiro atoms. The molecular weight excluding hydrogens is 254 g/mol. The van der Waals surface area contributed by atoms with Crippen LogP contribution in [0.4, 0.5) is 0 Å². The Balaban J connectivity index is 0.000000845. The number of hydrogen-bond donors (Lipinski definition) is 0. The van der Waals surface area contributed by atoms with Gasteiger partial charge >= 0.3 is 0 Å². The van der Waals surface area contributed by atoms with Crippen LogP contribution in [0.1, 0.15) is 24.1 Å². The molecule has 0 amide bonds. The first-order valence-corrected chi connectivity index (χ1v) is 4.81. The SMILES string of the molecule is CC1c2ccc[c-]c2CCN1P.[Y]. The minimum Gasteiger partial charge on any atom is -0.291 e. The van der Waals surface area contributed by atoms with Gasteiger partial charge < -0.3 is 0 Å². The van der Waals surface area contributed by atoms with E-state index in [-0.39, 0.29) is 32.7 Å². The third kappa shape index (κ3) is 2.39. The maximum Gasteiger partial charge on any atom is 0.00319 e. The Labute approximate surface area is 107 Å². The van der Waals surface area contributed by atoms with Crippen LogP contribution in [0.5, 0.6) is 0 Å². The first kappa shape index (κ1) is 11.8. The zero-order chi connectivity index (χ0) is 8.55. The van der Waals surface area contributed by atoms with Gasteiger partial charge in [-0.1, -0.05) is 16.3 Å². The standard InChI is InChI=1S/C10H13NP.Y/c1-8-10-5-3-2-4-9(10)6-7-11(8)12;/h2-3,5,8H,6-7,12H2,1H3;/q-1;. The molecular formula is C10H13NPY-. The predicted octanol–water partition coefficient (Wildman–Crippen LogP) is 2.19. The number of fused-ring (bicyclic) bond motifs is 1. The molecule has 67 valence electrons. The van der Waals surface area contributed by atoms with E-state index in [1.54, 1.807) is 0 Å². The fraction of sp³-hybridized carbons (Fsp3) is 0.400. The second kappa shape index (κ2) is 4.98. The molecule has 0 saturated carbocycles. The van der Waals surface area contributed by atoms with Gasteiger partial charge in [-0.25, -0.2) is 0 Å². The van der Waals surface area contributed by atoms with E-state index in [1.807, 2.05) is 6.07 Å². The molecule has 2 atom stereocenters. The van der Waals surface area contributed by atoms with Gasteiger partial charge in [0, 0.05) is 39.3 Å². The molecule has 0 aromatic heterocycles. The Hall–Kier alpha value is 0.714. The van der Waals surface area contributed by atoms with Gasteiger partial charge in [0.2, 0.25) is 0 Å². The van der Waals surface area contributed by atoms with Crippen molar-refractivity contribution in [3.8, 4) is 0 Å². The second-order valence-electron chi connectivity index (χ2n) is 3.27. The van der Waals surface area contributed by atoms with Gasteiger partial charge in [0.25, 0.3) is 0 Å². The van der Waals surface area contributed by atoms with E-state index in [4.69, 9.17) is 0 Å². The Bertz CT molecular complexity index is 290. The molecule has 3 heteroatoms.